The maximum Gasteiger partial charge on any atom is 1.00 e. The second kappa shape index (κ2) is 9.20. The molecule has 0 aromatic carbocycles. The molecule has 4 heteroatoms. The molecule has 0 spiro atoms. The van der Waals surface area contributed by atoms with E-state index in [2.05, 4.69) is 38.7 Å². The molecule has 0 aliphatic heterocycles. The Morgan fingerprint density at radius 2 is 2.09 bits per heavy atom. The smallest absolute Gasteiger partial charge is 0.510 e. The van der Waals surface area contributed by atoms with Crippen LogP contribution in [0.2, 0.25) is 0 Å². The largest absolute Gasteiger partial charge is 1.00 e. The molecule has 1 unspecified atom stereocenters. The summed E-state index contributed by atoms with van der Waals surface area (Å²) in [6.45, 7) is 4.20. The molecule has 0 saturated carbocycles. The van der Waals surface area contributed by atoms with Gasteiger partial charge in [-0.2, -0.15) is 0 Å². The van der Waals surface area contributed by atoms with Crippen molar-refractivity contribution < 1.29 is 34.3 Å². The molecule has 0 heterocycles. The van der Waals surface area contributed by atoms with Gasteiger partial charge in [0.25, 0.3) is 0 Å². The summed E-state index contributed by atoms with van der Waals surface area (Å²) in [4.78, 5) is 0. The Bertz CT molecular complexity index is 109. The first-order valence-corrected chi connectivity index (χ1v) is 4.40. The van der Waals surface area contributed by atoms with Crippen LogP contribution in [0.25, 0.3) is 0 Å². The zero-order valence-corrected chi connectivity index (χ0v) is 11.1. The van der Waals surface area contributed by atoms with Gasteiger partial charge in [0.2, 0.25) is 0 Å². The van der Waals surface area contributed by atoms with E-state index in [4.69, 9.17) is 4.74 Å². The molecule has 0 amide bonds. The summed E-state index contributed by atoms with van der Waals surface area (Å²) in [5.74, 6) is 0. The average molecular weight is 200 g/mol. The van der Waals surface area contributed by atoms with Crippen LogP contribution in [0.5, 0.6) is 0 Å². The van der Waals surface area contributed by atoms with Crippen molar-refractivity contribution in [2.24, 2.45) is 0 Å². The monoisotopic (exact) mass is 200 g/mol. The third kappa shape index (κ3) is 9.02. The van der Waals surface area contributed by atoms with E-state index < -0.39 is 0 Å². The van der Waals surface area contributed by atoms with Gasteiger partial charge in [0, 0.05) is 4.38 Å². The van der Waals surface area contributed by atoms with Gasteiger partial charge in [0.05, 0.1) is 6.10 Å². The minimum Gasteiger partial charge on any atom is -0.510 e. The zero-order chi connectivity index (χ0) is 7.98. The Morgan fingerprint density at radius 3 is 2.36 bits per heavy atom. The first-order valence-electron chi connectivity index (χ1n) is 3.58. The Labute approximate surface area is 102 Å². The van der Waals surface area contributed by atoms with E-state index >= 15 is 0 Å². The fraction of sp³-hybridized carbons (Fsp3) is 0.857. The molecular formula is C7H13NaOS2. The van der Waals surface area contributed by atoms with Crippen LogP contribution in [0.4, 0.5) is 0 Å². The number of thiocarbonyl (C=S) groups is 1. The van der Waals surface area contributed by atoms with Crippen molar-refractivity contribution in [1.82, 2.24) is 0 Å². The van der Waals surface area contributed by atoms with Gasteiger partial charge in [0.15, 0.2) is 0 Å². The Morgan fingerprint density at radius 1 is 1.55 bits per heavy atom. The predicted molar refractivity (Wildman–Crippen MR) is 50.0 cm³/mol. The van der Waals surface area contributed by atoms with Crippen molar-refractivity contribution in [1.29, 1.82) is 0 Å². The molecule has 0 aliphatic carbocycles. The van der Waals surface area contributed by atoms with Crippen LogP contribution in [0.3, 0.4) is 0 Å². The SMILES string of the molecule is CCCC(CC)OC(=S)[S-].[Na+]. The number of hydrogen-bond acceptors (Lipinski definition) is 3. The molecule has 0 saturated heterocycles. The van der Waals surface area contributed by atoms with Crippen molar-refractivity contribution in [2.45, 2.75) is 39.2 Å². The minimum atomic E-state index is 0. The Balaban J connectivity index is 0. The standard InChI is InChI=1S/C7H14OS2.Na/c1-3-5-6(4-2)8-7(9)10;/h6H,3-5H2,1-2H3,(H,9,10);/q;+1/p-1. The van der Waals surface area contributed by atoms with Crippen LogP contribution in [0.1, 0.15) is 33.1 Å². The van der Waals surface area contributed by atoms with E-state index in [-0.39, 0.29) is 40.0 Å². The van der Waals surface area contributed by atoms with E-state index in [9.17, 15) is 0 Å². The summed E-state index contributed by atoms with van der Waals surface area (Å²) >= 11 is 9.29. The van der Waals surface area contributed by atoms with Crippen molar-refractivity contribution in [3.63, 3.8) is 0 Å². The van der Waals surface area contributed by atoms with Gasteiger partial charge in [-0.3, -0.25) is 0 Å². The van der Waals surface area contributed by atoms with Crippen LogP contribution in [-0.2, 0) is 17.4 Å². The van der Waals surface area contributed by atoms with Gasteiger partial charge < -0.3 is 29.6 Å². The van der Waals surface area contributed by atoms with Crippen LogP contribution in [-0.4, -0.2) is 10.5 Å². The third-order valence-electron chi connectivity index (χ3n) is 1.33. The summed E-state index contributed by atoms with van der Waals surface area (Å²) in [5.41, 5.74) is 0. The topological polar surface area (TPSA) is 9.23 Å². The van der Waals surface area contributed by atoms with Gasteiger partial charge in [-0.25, -0.2) is 0 Å². The second-order valence-corrected chi connectivity index (χ2v) is 3.19. The molecule has 0 bridgehead atoms. The maximum absolute atomic E-state index is 5.19. The van der Waals surface area contributed by atoms with E-state index in [0.717, 1.165) is 19.3 Å². The van der Waals surface area contributed by atoms with Crippen molar-refractivity contribution >= 4 is 29.2 Å². The summed E-state index contributed by atoms with van der Waals surface area (Å²) < 4.78 is 5.44. The van der Waals surface area contributed by atoms with Gasteiger partial charge in [-0.1, -0.05) is 20.3 Å². The van der Waals surface area contributed by atoms with E-state index in [1.54, 1.807) is 0 Å². The van der Waals surface area contributed by atoms with Crippen LogP contribution in [0.15, 0.2) is 0 Å². The van der Waals surface area contributed by atoms with Crippen molar-refractivity contribution in [3.8, 4) is 0 Å². The molecule has 11 heavy (non-hydrogen) atoms. The average Bonchev–Trinajstić information content (AvgIpc) is 1.86. The van der Waals surface area contributed by atoms with Crippen molar-refractivity contribution in [3.05, 3.63) is 0 Å². The molecular weight excluding hydrogens is 187 g/mol. The van der Waals surface area contributed by atoms with Crippen LogP contribution >= 0.6 is 12.2 Å². The van der Waals surface area contributed by atoms with Gasteiger partial charge in [-0.15, -0.1) is 0 Å². The molecule has 0 aromatic rings. The molecule has 0 fully saturated rings. The molecule has 0 aromatic heterocycles. The Hall–Kier alpha value is 1.11. The summed E-state index contributed by atoms with van der Waals surface area (Å²) in [7, 11) is 0. The van der Waals surface area contributed by atoms with Crippen LogP contribution < -0.4 is 29.6 Å². The maximum atomic E-state index is 5.19. The summed E-state index contributed by atoms with van der Waals surface area (Å²) in [6.07, 6.45) is 3.41. The normalized spacial score (nSPS) is 11.5. The summed E-state index contributed by atoms with van der Waals surface area (Å²) in [6, 6.07) is 0. The minimum absolute atomic E-state index is 0. The molecule has 1 nitrogen and oxygen atoms in total. The molecule has 0 rings (SSSR count). The second-order valence-electron chi connectivity index (χ2n) is 2.19. The van der Waals surface area contributed by atoms with E-state index in [1.807, 2.05) is 0 Å². The van der Waals surface area contributed by atoms with Crippen molar-refractivity contribution in [2.75, 3.05) is 0 Å². The molecule has 0 aliphatic rings. The molecule has 0 N–H and O–H groups in total. The number of rotatable bonds is 4. The number of ether oxygens (including phenoxy) is 1. The first kappa shape index (κ1) is 14.6. The third-order valence-corrected chi connectivity index (χ3v) is 1.52. The first-order chi connectivity index (χ1) is 4.70. The van der Waals surface area contributed by atoms with Gasteiger partial charge in [-0.05, 0) is 12.8 Å². The zero-order valence-electron chi connectivity index (χ0n) is 7.42. The van der Waals surface area contributed by atoms with Gasteiger partial charge >= 0.3 is 29.6 Å². The number of hydrogen-bond donors (Lipinski definition) is 0. The Kier molecular flexibility index (Phi) is 12.2. The molecule has 1 atom stereocenters. The fourth-order valence-electron chi connectivity index (χ4n) is 0.804. The molecule has 60 valence electrons. The quantitative estimate of drug-likeness (QED) is 0.341. The molecule has 0 radical (unpaired) electrons. The predicted octanol–water partition coefficient (Wildman–Crippen LogP) is -0.582. The van der Waals surface area contributed by atoms with Gasteiger partial charge in [0.1, 0.15) is 0 Å². The van der Waals surface area contributed by atoms with Crippen LogP contribution in [0, 0.1) is 0 Å². The van der Waals surface area contributed by atoms with E-state index in [1.165, 1.54) is 0 Å². The fourth-order valence-corrected chi connectivity index (χ4v) is 1.08. The summed E-state index contributed by atoms with van der Waals surface area (Å²) in [5, 5.41) is 0. The van der Waals surface area contributed by atoms with E-state index in [0.29, 0.717) is 0 Å².